The number of ether oxygens (including phenoxy) is 1. The first kappa shape index (κ1) is 11.0. The van der Waals surface area contributed by atoms with E-state index in [1.54, 1.807) is 0 Å². The quantitative estimate of drug-likeness (QED) is 0.499. The van der Waals surface area contributed by atoms with Gasteiger partial charge >= 0.3 is 0 Å². The Bertz CT molecular complexity index is 175. The second-order valence-corrected chi connectivity index (χ2v) is 10.5. The van der Waals surface area contributed by atoms with E-state index in [0.717, 1.165) is 13.0 Å². The molecule has 0 aromatic carbocycles. The average molecular weight is 198 g/mol. The Balaban J connectivity index is 2.78. The van der Waals surface area contributed by atoms with Gasteiger partial charge in [-0.25, -0.2) is 0 Å². The Morgan fingerprint density at radius 1 is 1.38 bits per heavy atom. The van der Waals surface area contributed by atoms with Crippen LogP contribution in [0.3, 0.4) is 0 Å². The zero-order chi connectivity index (χ0) is 9.95. The van der Waals surface area contributed by atoms with E-state index in [1.165, 1.54) is 19.3 Å². The highest BCUT2D eigenvalue weighted by Gasteiger charge is 2.44. The number of hydrogen-bond acceptors (Lipinski definition) is 1. The van der Waals surface area contributed by atoms with Crippen LogP contribution in [0.1, 0.15) is 25.7 Å². The maximum Gasteiger partial charge on any atom is 0.0828 e. The average Bonchev–Trinajstić information content (AvgIpc) is 2.04. The smallest absolute Gasteiger partial charge is 0.0828 e. The fourth-order valence-electron chi connectivity index (χ4n) is 2.14. The molecule has 0 N–H and O–H groups in total. The first-order valence-electron chi connectivity index (χ1n) is 5.27. The van der Waals surface area contributed by atoms with Crippen LogP contribution in [0.2, 0.25) is 19.6 Å². The van der Waals surface area contributed by atoms with Crippen molar-refractivity contribution >= 4 is 8.07 Å². The van der Waals surface area contributed by atoms with Crippen LogP contribution in [-0.4, -0.2) is 19.9 Å². The summed E-state index contributed by atoms with van der Waals surface area (Å²) in [6.07, 6.45) is 6.89. The van der Waals surface area contributed by atoms with Gasteiger partial charge in [0.1, 0.15) is 0 Å². The Hall–Kier alpha value is -0.0831. The van der Waals surface area contributed by atoms with Gasteiger partial charge in [0.25, 0.3) is 0 Å². The molecule has 76 valence electrons. The number of rotatable bonds is 3. The Kier molecular flexibility index (Phi) is 3.36. The molecule has 1 aliphatic heterocycles. The molecule has 2 heteroatoms. The molecule has 0 spiro atoms. The first-order chi connectivity index (χ1) is 6.02. The predicted molar refractivity (Wildman–Crippen MR) is 60.7 cm³/mol. The van der Waals surface area contributed by atoms with E-state index in [0.29, 0.717) is 0 Å². The summed E-state index contributed by atoms with van der Waals surface area (Å²) in [5.41, 5.74) is 0. The fourth-order valence-corrected chi connectivity index (χ4v) is 4.36. The molecular weight excluding hydrogens is 176 g/mol. The third-order valence-corrected chi connectivity index (χ3v) is 6.53. The topological polar surface area (TPSA) is 9.23 Å². The lowest BCUT2D eigenvalue weighted by Crippen LogP contribution is -2.55. The maximum atomic E-state index is 6.06. The van der Waals surface area contributed by atoms with Gasteiger partial charge in [0.15, 0.2) is 0 Å². The molecule has 1 unspecified atom stereocenters. The minimum atomic E-state index is -1.22. The zero-order valence-electron chi connectivity index (χ0n) is 9.23. The molecule has 0 aromatic rings. The fraction of sp³-hybridized carbons (Fsp3) is 0.818. The summed E-state index contributed by atoms with van der Waals surface area (Å²) in [6, 6.07) is 0. The van der Waals surface area contributed by atoms with Crippen LogP contribution in [0.25, 0.3) is 0 Å². The lowest BCUT2D eigenvalue weighted by molar-refractivity contribution is -0.0235. The van der Waals surface area contributed by atoms with Crippen molar-refractivity contribution in [1.29, 1.82) is 0 Å². The molecule has 0 amide bonds. The molecule has 0 aromatic heterocycles. The second kappa shape index (κ2) is 3.97. The van der Waals surface area contributed by atoms with E-state index >= 15 is 0 Å². The van der Waals surface area contributed by atoms with Crippen molar-refractivity contribution in [2.24, 2.45) is 0 Å². The molecule has 0 radical (unpaired) electrons. The van der Waals surface area contributed by atoms with Crippen molar-refractivity contribution in [2.45, 2.75) is 50.5 Å². The summed E-state index contributed by atoms with van der Waals surface area (Å²) in [4.78, 5) is 0. The highest BCUT2D eigenvalue weighted by molar-refractivity contribution is 6.79. The Morgan fingerprint density at radius 3 is 2.46 bits per heavy atom. The molecule has 1 rings (SSSR count). The molecule has 1 nitrogen and oxygen atoms in total. The van der Waals surface area contributed by atoms with E-state index in [-0.39, 0.29) is 5.22 Å². The molecular formula is C11H22OSi. The largest absolute Gasteiger partial charge is 0.378 e. The Labute approximate surface area is 83.2 Å². The van der Waals surface area contributed by atoms with Crippen molar-refractivity contribution in [3.8, 4) is 0 Å². The van der Waals surface area contributed by atoms with Gasteiger partial charge < -0.3 is 4.74 Å². The van der Waals surface area contributed by atoms with Crippen LogP contribution in [-0.2, 0) is 4.74 Å². The van der Waals surface area contributed by atoms with Gasteiger partial charge in [-0.1, -0.05) is 25.7 Å². The highest BCUT2D eigenvalue weighted by atomic mass is 28.3. The maximum absolute atomic E-state index is 6.06. The molecule has 0 aliphatic carbocycles. The third kappa shape index (κ3) is 2.23. The van der Waals surface area contributed by atoms with E-state index in [4.69, 9.17) is 4.74 Å². The van der Waals surface area contributed by atoms with Gasteiger partial charge in [-0.3, -0.25) is 0 Å². The van der Waals surface area contributed by atoms with Crippen molar-refractivity contribution in [2.75, 3.05) is 6.61 Å². The molecule has 13 heavy (non-hydrogen) atoms. The summed E-state index contributed by atoms with van der Waals surface area (Å²) < 4.78 is 6.06. The molecule has 1 saturated heterocycles. The minimum absolute atomic E-state index is 0.188. The third-order valence-electron chi connectivity index (χ3n) is 3.19. The van der Waals surface area contributed by atoms with Crippen LogP contribution >= 0.6 is 0 Å². The normalized spacial score (nSPS) is 30.1. The van der Waals surface area contributed by atoms with E-state index in [2.05, 4.69) is 26.2 Å². The highest BCUT2D eigenvalue weighted by Crippen LogP contribution is 2.36. The van der Waals surface area contributed by atoms with Gasteiger partial charge in [0.05, 0.1) is 13.3 Å². The molecule has 1 aliphatic rings. The summed E-state index contributed by atoms with van der Waals surface area (Å²) in [5, 5.41) is 0.188. The standard InChI is InChI=1S/C11H22OSi/c1-5-8-11(13(2,3)4)9-6-7-10-12-11/h5H,1,6-10H2,2-4H3. The van der Waals surface area contributed by atoms with Gasteiger partial charge in [0.2, 0.25) is 0 Å². The van der Waals surface area contributed by atoms with Gasteiger partial charge in [0, 0.05) is 6.61 Å². The molecule has 1 atom stereocenters. The van der Waals surface area contributed by atoms with Crippen molar-refractivity contribution in [3.63, 3.8) is 0 Å². The molecule has 1 fully saturated rings. The van der Waals surface area contributed by atoms with Gasteiger partial charge in [-0.2, -0.15) is 0 Å². The van der Waals surface area contributed by atoms with Crippen molar-refractivity contribution < 1.29 is 4.74 Å². The van der Waals surface area contributed by atoms with E-state index in [1.807, 2.05) is 6.08 Å². The summed E-state index contributed by atoms with van der Waals surface area (Å²) in [5.74, 6) is 0. The SMILES string of the molecule is C=CCC1([Si](C)(C)C)CCCCO1. The predicted octanol–water partition coefficient (Wildman–Crippen LogP) is 3.38. The summed E-state index contributed by atoms with van der Waals surface area (Å²) in [6.45, 7) is 12.0. The van der Waals surface area contributed by atoms with Crippen LogP contribution < -0.4 is 0 Å². The van der Waals surface area contributed by atoms with E-state index < -0.39 is 8.07 Å². The summed E-state index contributed by atoms with van der Waals surface area (Å²) in [7, 11) is -1.22. The zero-order valence-corrected chi connectivity index (χ0v) is 10.2. The molecule has 1 heterocycles. The van der Waals surface area contributed by atoms with Crippen molar-refractivity contribution in [3.05, 3.63) is 12.7 Å². The van der Waals surface area contributed by atoms with Crippen LogP contribution in [0.4, 0.5) is 0 Å². The van der Waals surface area contributed by atoms with Crippen LogP contribution in [0, 0.1) is 0 Å². The van der Waals surface area contributed by atoms with E-state index in [9.17, 15) is 0 Å². The lowest BCUT2D eigenvalue weighted by Gasteiger charge is -2.45. The summed E-state index contributed by atoms with van der Waals surface area (Å²) >= 11 is 0. The van der Waals surface area contributed by atoms with Gasteiger partial charge in [-0.15, -0.1) is 6.58 Å². The van der Waals surface area contributed by atoms with Gasteiger partial charge in [-0.05, 0) is 25.7 Å². The van der Waals surface area contributed by atoms with Crippen molar-refractivity contribution in [1.82, 2.24) is 0 Å². The Morgan fingerprint density at radius 2 is 2.08 bits per heavy atom. The molecule has 0 bridgehead atoms. The monoisotopic (exact) mass is 198 g/mol. The minimum Gasteiger partial charge on any atom is -0.378 e. The molecule has 0 saturated carbocycles. The number of hydrogen-bond donors (Lipinski definition) is 0. The van der Waals surface area contributed by atoms with Crippen LogP contribution in [0.15, 0.2) is 12.7 Å². The van der Waals surface area contributed by atoms with Crippen LogP contribution in [0.5, 0.6) is 0 Å². The first-order valence-corrected chi connectivity index (χ1v) is 8.77. The second-order valence-electron chi connectivity index (χ2n) is 5.04. The lowest BCUT2D eigenvalue weighted by atomic mass is 10.1.